The van der Waals surface area contributed by atoms with Gasteiger partial charge in [0.1, 0.15) is 0 Å². The molecule has 0 saturated heterocycles. The Balaban J connectivity index is 3.22. The van der Waals surface area contributed by atoms with E-state index in [0.717, 1.165) is 25.7 Å². The zero-order chi connectivity index (χ0) is 10.2. The second-order valence-corrected chi connectivity index (χ2v) is 2.97. The van der Waals surface area contributed by atoms with Crippen LogP contribution in [-0.4, -0.2) is 6.18 Å². The molecule has 0 aromatic rings. The van der Waals surface area contributed by atoms with Gasteiger partial charge < -0.3 is 0 Å². The summed E-state index contributed by atoms with van der Waals surface area (Å²) in [6.07, 6.45) is 2.64. The maximum atomic E-state index is 11.6. The number of unbranched alkanes of at least 4 members (excludes halogenated alkanes) is 3. The molecule has 13 heavy (non-hydrogen) atoms. The largest absolute Gasteiger partial charge is 0.389 e. The molecule has 0 saturated carbocycles. The molecular weight excluding hydrogens is 177 g/mol. The third kappa shape index (κ3) is 11.5. The highest BCUT2D eigenvalue weighted by Crippen LogP contribution is 2.21. The molecule has 0 rings (SSSR count). The minimum absolute atomic E-state index is 0.105. The summed E-state index contributed by atoms with van der Waals surface area (Å²) < 4.78 is 34.9. The normalized spacial score (nSPS) is 12.6. The Morgan fingerprint density at radius 1 is 1.00 bits per heavy atom. The summed E-state index contributed by atoms with van der Waals surface area (Å²) in [4.78, 5) is 0. The lowest BCUT2D eigenvalue weighted by molar-refractivity contribution is -0.133. The van der Waals surface area contributed by atoms with Gasteiger partial charge in [-0.1, -0.05) is 31.9 Å². The summed E-state index contributed by atoms with van der Waals surface area (Å²) in [5.41, 5.74) is 0. The minimum Gasteiger partial charge on any atom is -0.171 e. The van der Waals surface area contributed by atoms with Gasteiger partial charge in [0.2, 0.25) is 0 Å². The lowest BCUT2D eigenvalue weighted by Crippen LogP contribution is -2.05. The van der Waals surface area contributed by atoms with Crippen LogP contribution in [-0.2, 0) is 0 Å². The van der Waals surface area contributed by atoms with E-state index < -0.39 is 12.6 Å². The van der Waals surface area contributed by atoms with E-state index in [2.05, 4.69) is 6.92 Å². The van der Waals surface area contributed by atoms with E-state index in [1.165, 1.54) is 0 Å². The number of rotatable bonds is 6. The highest BCUT2D eigenvalue weighted by molar-refractivity contribution is 4.82. The SMILES string of the molecule is [CH2]CCCCC=CCCC(F)(F)F. The molecule has 3 heteroatoms. The van der Waals surface area contributed by atoms with Crippen molar-refractivity contribution in [2.75, 3.05) is 0 Å². The fourth-order valence-electron chi connectivity index (χ4n) is 0.922. The summed E-state index contributed by atoms with van der Waals surface area (Å²) in [6, 6.07) is 0. The van der Waals surface area contributed by atoms with E-state index in [1.807, 2.05) is 6.08 Å². The third-order valence-electron chi connectivity index (χ3n) is 1.63. The molecule has 0 fully saturated rings. The Morgan fingerprint density at radius 2 is 1.62 bits per heavy atom. The van der Waals surface area contributed by atoms with Crippen LogP contribution in [0.2, 0.25) is 0 Å². The van der Waals surface area contributed by atoms with Gasteiger partial charge in [-0.15, -0.1) is 0 Å². The fourth-order valence-corrected chi connectivity index (χ4v) is 0.922. The van der Waals surface area contributed by atoms with Crippen molar-refractivity contribution in [1.82, 2.24) is 0 Å². The van der Waals surface area contributed by atoms with E-state index in [1.54, 1.807) is 6.08 Å². The Labute approximate surface area is 77.8 Å². The van der Waals surface area contributed by atoms with Crippen LogP contribution in [0, 0.1) is 6.92 Å². The van der Waals surface area contributed by atoms with E-state index in [0.29, 0.717) is 0 Å². The second-order valence-electron chi connectivity index (χ2n) is 2.97. The van der Waals surface area contributed by atoms with Crippen molar-refractivity contribution >= 4 is 0 Å². The third-order valence-corrected chi connectivity index (χ3v) is 1.63. The van der Waals surface area contributed by atoms with Crippen molar-refractivity contribution < 1.29 is 13.2 Å². The second kappa shape index (κ2) is 6.98. The van der Waals surface area contributed by atoms with E-state index in [4.69, 9.17) is 0 Å². The van der Waals surface area contributed by atoms with Crippen LogP contribution in [0.25, 0.3) is 0 Å². The first-order valence-corrected chi connectivity index (χ1v) is 4.57. The first kappa shape index (κ1) is 12.5. The van der Waals surface area contributed by atoms with Gasteiger partial charge in [-0.05, 0) is 19.3 Å². The summed E-state index contributed by atoms with van der Waals surface area (Å²) in [5.74, 6) is 0. The summed E-state index contributed by atoms with van der Waals surface area (Å²) in [6.45, 7) is 3.68. The van der Waals surface area contributed by atoms with Gasteiger partial charge >= 0.3 is 6.18 Å². The van der Waals surface area contributed by atoms with Crippen LogP contribution in [0.1, 0.15) is 38.5 Å². The Kier molecular flexibility index (Phi) is 6.73. The molecule has 0 amide bonds. The minimum atomic E-state index is -4.02. The van der Waals surface area contributed by atoms with Gasteiger partial charge in [-0.3, -0.25) is 0 Å². The zero-order valence-electron chi connectivity index (χ0n) is 7.74. The molecule has 0 nitrogen and oxygen atoms in total. The van der Waals surface area contributed by atoms with Crippen molar-refractivity contribution in [1.29, 1.82) is 0 Å². The molecule has 0 heterocycles. The predicted octanol–water partition coefficient (Wildman–Crippen LogP) is 4.28. The maximum Gasteiger partial charge on any atom is 0.389 e. The zero-order valence-corrected chi connectivity index (χ0v) is 7.74. The van der Waals surface area contributed by atoms with Crippen LogP contribution in [0.15, 0.2) is 12.2 Å². The summed E-state index contributed by atoms with van der Waals surface area (Å²) in [7, 11) is 0. The molecule has 0 aliphatic carbocycles. The maximum absolute atomic E-state index is 11.6. The van der Waals surface area contributed by atoms with Crippen LogP contribution >= 0.6 is 0 Å². The molecule has 0 atom stereocenters. The summed E-state index contributed by atoms with van der Waals surface area (Å²) in [5, 5.41) is 0. The average Bonchev–Trinajstić information content (AvgIpc) is 2.01. The van der Waals surface area contributed by atoms with Gasteiger partial charge in [0.25, 0.3) is 0 Å². The first-order valence-electron chi connectivity index (χ1n) is 4.57. The van der Waals surface area contributed by atoms with Gasteiger partial charge in [-0.2, -0.15) is 13.2 Å². The Morgan fingerprint density at radius 3 is 2.15 bits per heavy atom. The van der Waals surface area contributed by atoms with Crippen molar-refractivity contribution in [3.8, 4) is 0 Å². The highest BCUT2D eigenvalue weighted by atomic mass is 19.4. The van der Waals surface area contributed by atoms with Gasteiger partial charge in [0.15, 0.2) is 0 Å². The van der Waals surface area contributed by atoms with Gasteiger partial charge in [-0.25, -0.2) is 0 Å². The van der Waals surface area contributed by atoms with E-state index in [-0.39, 0.29) is 6.42 Å². The molecule has 0 aliphatic rings. The van der Waals surface area contributed by atoms with Gasteiger partial charge in [0.05, 0.1) is 0 Å². The van der Waals surface area contributed by atoms with Gasteiger partial charge in [0, 0.05) is 6.42 Å². The monoisotopic (exact) mass is 193 g/mol. The molecule has 0 aromatic carbocycles. The number of alkyl halides is 3. The molecule has 1 radical (unpaired) electrons. The van der Waals surface area contributed by atoms with Crippen molar-refractivity contribution in [3.05, 3.63) is 19.1 Å². The lowest BCUT2D eigenvalue weighted by atomic mass is 10.2. The number of halogens is 3. The first-order chi connectivity index (χ1) is 6.06. The topological polar surface area (TPSA) is 0 Å². The molecule has 0 bridgehead atoms. The quantitative estimate of drug-likeness (QED) is 0.436. The van der Waals surface area contributed by atoms with Crippen LogP contribution in [0.4, 0.5) is 13.2 Å². The molecule has 0 unspecified atom stereocenters. The summed E-state index contributed by atoms with van der Waals surface area (Å²) >= 11 is 0. The Hall–Kier alpha value is -0.470. The molecule has 0 spiro atoms. The van der Waals surface area contributed by atoms with Crippen LogP contribution in [0.3, 0.4) is 0 Å². The van der Waals surface area contributed by atoms with Crippen LogP contribution in [0.5, 0.6) is 0 Å². The highest BCUT2D eigenvalue weighted by Gasteiger charge is 2.25. The molecule has 77 valence electrons. The molecule has 0 N–H and O–H groups in total. The molecule has 0 aromatic heterocycles. The fraction of sp³-hybridized carbons (Fsp3) is 0.700. The number of hydrogen-bond donors (Lipinski definition) is 0. The van der Waals surface area contributed by atoms with E-state index >= 15 is 0 Å². The van der Waals surface area contributed by atoms with Crippen molar-refractivity contribution in [2.24, 2.45) is 0 Å². The number of hydrogen-bond acceptors (Lipinski definition) is 0. The molecule has 0 aliphatic heterocycles. The predicted molar refractivity (Wildman–Crippen MR) is 48.3 cm³/mol. The lowest BCUT2D eigenvalue weighted by Gasteiger charge is -2.01. The standard InChI is InChI=1S/C10H16F3/c1-2-3-4-5-6-7-8-9-10(11,12)13/h6-7H,1-5,8-9H2. The average molecular weight is 193 g/mol. The number of allylic oxidation sites excluding steroid dienone is 2. The van der Waals surface area contributed by atoms with Crippen molar-refractivity contribution in [3.63, 3.8) is 0 Å². The van der Waals surface area contributed by atoms with Crippen molar-refractivity contribution in [2.45, 2.75) is 44.7 Å². The smallest absolute Gasteiger partial charge is 0.171 e. The molecular formula is C10H16F3. The van der Waals surface area contributed by atoms with E-state index in [9.17, 15) is 13.2 Å². The van der Waals surface area contributed by atoms with Crippen LogP contribution < -0.4 is 0 Å². The Bertz CT molecular complexity index is 136.